The molecule has 2 rings (SSSR count). The molecule has 108 valence electrons. The van der Waals surface area contributed by atoms with Crippen molar-refractivity contribution >= 4 is 22.6 Å². The van der Waals surface area contributed by atoms with E-state index < -0.39 is 0 Å². The predicted molar refractivity (Wildman–Crippen MR) is 85.1 cm³/mol. The fourth-order valence-electron chi connectivity index (χ4n) is 1.96. The van der Waals surface area contributed by atoms with Crippen LogP contribution >= 0.6 is 11.8 Å². The molecule has 2 aromatic rings. The molecule has 1 heterocycles. The molecule has 7 heteroatoms. The van der Waals surface area contributed by atoms with E-state index in [1.165, 1.54) is 11.8 Å². The van der Waals surface area contributed by atoms with E-state index in [-0.39, 0.29) is 5.56 Å². The molecule has 6 nitrogen and oxygen atoms in total. The summed E-state index contributed by atoms with van der Waals surface area (Å²) in [5, 5.41) is 11.5. The third kappa shape index (κ3) is 2.85. The van der Waals surface area contributed by atoms with Crippen LogP contribution in [0.2, 0.25) is 0 Å². The van der Waals surface area contributed by atoms with E-state index in [9.17, 15) is 4.79 Å². The van der Waals surface area contributed by atoms with Crippen molar-refractivity contribution in [2.75, 3.05) is 6.26 Å². The van der Waals surface area contributed by atoms with Gasteiger partial charge in [-0.05, 0) is 25.3 Å². The monoisotopic (exact) mass is 301 g/mol. The maximum Gasteiger partial charge on any atom is 0.297 e. The van der Waals surface area contributed by atoms with E-state index in [4.69, 9.17) is 5.26 Å². The number of aromatic nitrogens is 2. The van der Waals surface area contributed by atoms with E-state index in [1.54, 1.807) is 22.7 Å². The summed E-state index contributed by atoms with van der Waals surface area (Å²) in [6.45, 7) is 1.82. The Bertz CT molecular complexity index is 767. The highest BCUT2D eigenvalue weighted by atomic mass is 32.2. The highest BCUT2D eigenvalue weighted by molar-refractivity contribution is 8.13. The molecule has 0 fully saturated rings. The average molecular weight is 301 g/mol. The molecule has 0 unspecified atom stereocenters. The minimum absolute atomic E-state index is 0.215. The van der Waals surface area contributed by atoms with Gasteiger partial charge in [0.2, 0.25) is 0 Å². The second-order valence-electron chi connectivity index (χ2n) is 4.27. The van der Waals surface area contributed by atoms with Crippen molar-refractivity contribution in [2.24, 2.45) is 12.0 Å². The fourth-order valence-corrected chi connectivity index (χ4v) is 2.29. The highest BCUT2D eigenvalue weighted by Gasteiger charge is 2.16. The molecule has 21 heavy (non-hydrogen) atoms. The van der Waals surface area contributed by atoms with E-state index in [2.05, 4.69) is 10.3 Å². The first-order chi connectivity index (χ1) is 10.1. The molecule has 0 bridgehead atoms. The lowest BCUT2D eigenvalue weighted by molar-refractivity contribution is 0.630. The zero-order valence-electron chi connectivity index (χ0n) is 12.0. The molecule has 0 aliphatic rings. The Hall–Kier alpha value is -2.46. The number of para-hydroxylation sites is 1. The van der Waals surface area contributed by atoms with Gasteiger partial charge in [0.25, 0.3) is 5.56 Å². The number of thioether (sulfide) groups is 1. The third-order valence-electron chi connectivity index (χ3n) is 3.09. The number of benzene rings is 1. The van der Waals surface area contributed by atoms with E-state index in [1.807, 2.05) is 43.4 Å². The van der Waals surface area contributed by atoms with Crippen LogP contribution in [0.5, 0.6) is 0 Å². The fraction of sp³-hybridized carbons (Fsp3) is 0.214. The van der Waals surface area contributed by atoms with Crippen LogP contribution in [0.25, 0.3) is 5.69 Å². The molecular formula is C14H15N5OS. The molecule has 0 atom stereocenters. The average Bonchev–Trinajstić information content (AvgIpc) is 2.71. The Morgan fingerprint density at radius 1 is 1.38 bits per heavy atom. The van der Waals surface area contributed by atoms with Crippen molar-refractivity contribution in [2.45, 2.75) is 6.92 Å². The van der Waals surface area contributed by atoms with Gasteiger partial charge in [0, 0.05) is 7.05 Å². The minimum Gasteiger partial charge on any atom is -0.283 e. The number of nitrogens with zero attached hydrogens (tertiary/aromatic N) is 4. The smallest absolute Gasteiger partial charge is 0.283 e. The van der Waals surface area contributed by atoms with Crippen molar-refractivity contribution in [3.63, 3.8) is 0 Å². The predicted octanol–water partition coefficient (Wildman–Crippen LogP) is 1.91. The summed E-state index contributed by atoms with van der Waals surface area (Å²) >= 11 is 1.28. The topological polar surface area (TPSA) is 75.1 Å². The molecule has 1 N–H and O–H groups in total. The first-order valence-electron chi connectivity index (χ1n) is 6.22. The number of hydrogen-bond donors (Lipinski definition) is 1. The van der Waals surface area contributed by atoms with Gasteiger partial charge in [0.15, 0.2) is 17.0 Å². The van der Waals surface area contributed by atoms with Crippen LogP contribution in [0.4, 0.5) is 5.69 Å². The van der Waals surface area contributed by atoms with Crippen molar-refractivity contribution in [1.29, 1.82) is 5.26 Å². The second kappa shape index (κ2) is 6.33. The summed E-state index contributed by atoms with van der Waals surface area (Å²) in [4.78, 5) is 16.8. The van der Waals surface area contributed by atoms with Gasteiger partial charge in [-0.3, -0.25) is 14.8 Å². The third-order valence-corrected chi connectivity index (χ3v) is 3.67. The maximum atomic E-state index is 12.6. The van der Waals surface area contributed by atoms with Crippen molar-refractivity contribution in [3.8, 4) is 11.9 Å². The van der Waals surface area contributed by atoms with Gasteiger partial charge in [0.1, 0.15) is 0 Å². The molecule has 0 radical (unpaired) electrons. The molecular weight excluding hydrogens is 286 g/mol. The van der Waals surface area contributed by atoms with Crippen LogP contribution in [-0.4, -0.2) is 20.8 Å². The Balaban J connectivity index is 2.62. The van der Waals surface area contributed by atoms with Crippen LogP contribution in [-0.2, 0) is 7.05 Å². The van der Waals surface area contributed by atoms with Crippen molar-refractivity contribution < 1.29 is 0 Å². The Morgan fingerprint density at radius 2 is 2.05 bits per heavy atom. The largest absolute Gasteiger partial charge is 0.297 e. The molecule has 0 aliphatic heterocycles. The maximum absolute atomic E-state index is 12.6. The summed E-state index contributed by atoms with van der Waals surface area (Å²) in [7, 11) is 1.80. The molecule has 0 saturated heterocycles. The second-order valence-corrected chi connectivity index (χ2v) is 5.06. The first-order valence-corrected chi connectivity index (χ1v) is 7.44. The van der Waals surface area contributed by atoms with Crippen molar-refractivity contribution in [1.82, 2.24) is 14.7 Å². The van der Waals surface area contributed by atoms with Gasteiger partial charge in [-0.15, -0.1) is 0 Å². The van der Waals surface area contributed by atoms with Gasteiger partial charge in [0.05, 0.1) is 11.4 Å². The molecule has 1 aromatic heterocycles. The van der Waals surface area contributed by atoms with Crippen LogP contribution < -0.4 is 10.9 Å². The van der Waals surface area contributed by atoms with Gasteiger partial charge >= 0.3 is 0 Å². The lowest BCUT2D eigenvalue weighted by atomic mass is 10.3. The van der Waals surface area contributed by atoms with Gasteiger partial charge < -0.3 is 0 Å². The normalized spacial score (nSPS) is 11.2. The summed E-state index contributed by atoms with van der Waals surface area (Å²) in [5.41, 5.74) is 1.62. The Morgan fingerprint density at radius 3 is 2.62 bits per heavy atom. The number of nitrogens with one attached hydrogen (secondary N) is 1. The number of nitriles is 1. The lowest BCUT2D eigenvalue weighted by Gasteiger charge is -2.07. The number of hydrogen-bond acceptors (Lipinski definition) is 4. The van der Waals surface area contributed by atoms with Gasteiger partial charge in [-0.1, -0.05) is 30.0 Å². The van der Waals surface area contributed by atoms with Gasteiger partial charge in [-0.25, -0.2) is 9.67 Å². The standard InChI is InChI=1S/C14H15N5OS/c1-10-12(17-14(21-3)16-9-15)13(20)19(18(10)2)11-7-5-4-6-8-11/h4-8H,1-3H3,(H,16,17). The summed E-state index contributed by atoms with van der Waals surface area (Å²) in [6.07, 6.45) is 3.60. The van der Waals surface area contributed by atoms with Crippen LogP contribution in [0.1, 0.15) is 5.69 Å². The molecule has 0 aliphatic carbocycles. The van der Waals surface area contributed by atoms with Crippen LogP contribution in [0.15, 0.2) is 40.1 Å². The SMILES string of the molecule is CSC(=Nc1c(C)n(C)n(-c2ccccc2)c1=O)NC#N. The minimum atomic E-state index is -0.215. The highest BCUT2D eigenvalue weighted by Crippen LogP contribution is 2.17. The first kappa shape index (κ1) is 14.9. The molecule has 0 saturated carbocycles. The van der Waals surface area contributed by atoms with E-state index >= 15 is 0 Å². The zero-order valence-corrected chi connectivity index (χ0v) is 12.8. The zero-order chi connectivity index (χ0) is 15.4. The summed E-state index contributed by atoms with van der Waals surface area (Å²) in [5.74, 6) is 0. The van der Waals surface area contributed by atoms with Crippen LogP contribution in [0.3, 0.4) is 0 Å². The quantitative estimate of drug-likeness (QED) is 0.398. The summed E-state index contributed by atoms with van der Waals surface area (Å²) in [6, 6.07) is 9.36. The Kier molecular flexibility index (Phi) is 4.50. The van der Waals surface area contributed by atoms with Gasteiger partial charge in [-0.2, -0.15) is 5.26 Å². The van der Waals surface area contributed by atoms with Crippen molar-refractivity contribution in [3.05, 3.63) is 46.4 Å². The molecule has 0 amide bonds. The molecule has 0 spiro atoms. The number of rotatable bonds is 2. The molecule has 1 aromatic carbocycles. The number of amidine groups is 1. The lowest BCUT2D eigenvalue weighted by Crippen LogP contribution is -2.19. The van der Waals surface area contributed by atoms with E-state index in [0.717, 1.165) is 11.4 Å². The Labute approximate surface area is 126 Å². The van der Waals surface area contributed by atoms with E-state index in [0.29, 0.717) is 10.9 Å². The van der Waals surface area contributed by atoms with Crippen LogP contribution in [0, 0.1) is 18.4 Å². The number of aliphatic imine (C=N–C) groups is 1. The summed E-state index contributed by atoms with van der Waals surface area (Å²) < 4.78 is 3.30.